The van der Waals surface area contributed by atoms with Gasteiger partial charge in [-0.1, -0.05) is 24.3 Å². The predicted molar refractivity (Wildman–Crippen MR) is 54.3 cm³/mol. The highest BCUT2D eigenvalue weighted by atomic mass is 32.1. The summed E-state index contributed by atoms with van der Waals surface area (Å²) < 4.78 is 0. The van der Waals surface area contributed by atoms with E-state index in [0.717, 1.165) is 16.8 Å². The molecule has 1 aromatic carbocycles. The van der Waals surface area contributed by atoms with Gasteiger partial charge in [-0.2, -0.15) is 0 Å². The number of rotatable bonds is 2. The molecule has 0 saturated carbocycles. The molecule has 13 heavy (non-hydrogen) atoms. The number of benzene rings is 1. The van der Waals surface area contributed by atoms with Crippen LogP contribution in [0, 0.1) is 5.51 Å². The van der Waals surface area contributed by atoms with Gasteiger partial charge in [0.2, 0.25) is 0 Å². The number of nitrogens with zero attached hydrogens (tertiary/aromatic N) is 1. The Hall–Kier alpha value is -1.19. The van der Waals surface area contributed by atoms with Gasteiger partial charge in [-0.05, 0) is 5.56 Å². The Labute approximate surface area is 81.1 Å². The number of nitrogens with two attached hydrogens (primary N) is 1. The summed E-state index contributed by atoms with van der Waals surface area (Å²) in [6.45, 7) is 0.587. The van der Waals surface area contributed by atoms with Crippen LogP contribution in [0.5, 0.6) is 0 Å². The molecular weight excluding hydrogens is 180 g/mol. The molecule has 1 aromatic heterocycles. The van der Waals surface area contributed by atoms with Crippen LogP contribution in [0.4, 0.5) is 0 Å². The number of aromatic nitrogens is 1. The van der Waals surface area contributed by atoms with Crippen LogP contribution in [-0.4, -0.2) is 4.98 Å². The summed E-state index contributed by atoms with van der Waals surface area (Å²) in [6.07, 6.45) is 0. The Balaban J connectivity index is 2.33. The van der Waals surface area contributed by atoms with Crippen LogP contribution in [0.3, 0.4) is 0 Å². The van der Waals surface area contributed by atoms with E-state index in [2.05, 4.69) is 10.5 Å². The monoisotopic (exact) mass is 189 g/mol. The highest BCUT2D eigenvalue weighted by molar-refractivity contribution is 7.07. The van der Waals surface area contributed by atoms with E-state index in [-0.39, 0.29) is 0 Å². The third kappa shape index (κ3) is 1.76. The lowest BCUT2D eigenvalue weighted by Crippen LogP contribution is -1.95. The standard InChI is InChI=1S/C10H9N2S/c11-5-8-1-3-9(4-2-8)10-6-13-7-12-10/h1-4,6H,5,11H2. The van der Waals surface area contributed by atoms with Crippen molar-refractivity contribution in [1.29, 1.82) is 0 Å². The number of hydrogen-bond acceptors (Lipinski definition) is 3. The molecule has 0 aliphatic heterocycles. The van der Waals surface area contributed by atoms with Gasteiger partial charge in [0.25, 0.3) is 0 Å². The molecule has 3 heteroatoms. The summed E-state index contributed by atoms with van der Waals surface area (Å²) in [5, 5.41) is 1.98. The van der Waals surface area contributed by atoms with Crippen LogP contribution in [0.1, 0.15) is 5.56 Å². The van der Waals surface area contributed by atoms with Crippen LogP contribution in [0.25, 0.3) is 11.3 Å². The first-order chi connectivity index (χ1) is 6.40. The first kappa shape index (κ1) is 8.41. The average Bonchev–Trinajstić information content (AvgIpc) is 2.71. The molecule has 2 nitrogen and oxygen atoms in total. The van der Waals surface area contributed by atoms with Crippen molar-refractivity contribution in [1.82, 2.24) is 4.98 Å². The van der Waals surface area contributed by atoms with Crippen molar-refractivity contribution in [3.63, 3.8) is 0 Å². The van der Waals surface area contributed by atoms with Crippen LogP contribution >= 0.6 is 11.3 Å². The summed E-state index contributed by atoms with van der Waals surface area (Å²) in [5.41, 5.74) is 11.6. The summed E-state index contributed by atoms with van der Waals surface area (Å²) in [7, 11) is 0. The zero-order valence-electron chi connectivity index (χ0n) is 7.03. The van der Waals surface area contributed by atoms with E-state index in [1.165, 1.54) is 11.3 Å². The Morgan fingerprint density at radius 3 is 2.62 bits per heavy atom. The van der Waals surface area contributed by atoms with E-state index < -0.39 is 0 Å². The third-order valence-electron chi connectivity index (χ3n) is 1.87. The topological polar surface area (TPSA) is 38.9 Å². The van der Waals surface area contributed by atoms with Crippen molar-refractivity contribution < 1.29 is 0 Å². The van der Waals surface area contributed by atoms with Crippen molar-refractivity contribution in [3.8, 4) is 11.3 Å². The van der Waals surface area contributed by atoms with E-state index in [9.17, 15) is 0 Å². The van der Waals surface area contributed by atoms with E-state index in [0.29, 0.717) is 6.54 Å². The second-order valence-electron chi connectivity index (χ2n) is 2.73. The Morgan fingerprint density at radius 2 is 2.08 bits per heavy atom. The fourth-order valence-corrected chi connectivity index (χ4v) is 1.63. The molecule has 0 unspecified atom stereocenters. The zero-order valence-corrected chi connectivity index (χ0v) is 7.84. The fraction of sp³-hybridized carbons (Fsp3) is 0.100. The lowest BCUT2D eigenvalue weighted by atomic mass is 10.1. The highest BCUT2D eigenvalue weighted by Gasteiger charge is 1.98. The molecule has 0 aliphatic carbocycles. The molecule has 1 heterocycles. The molecule has 65 valence electrons. The molecule has 0 bridgehead atoms. The SMILES string of the molecule is NCc1ccc(-c2cs[c]n2)cc1. The maximum Gasteiger partial charge on any atom is 0.152 e. The second kappa shape index (κ2) is 3.68. The van der Waals surface area contributed by atoms with Gasteiger partial charge in [-0.25, -0.2) is 4.98 Å². The molecule has 0 spiro atoms. The van der Waals surface area contributed by atoms with Gasteiger partial charge < -0.3 is 5.73 Å². The Morgan fingerprint density at radius 1 is 1.31 bits per heavy atom. The minimum atomic E-state index is 0.587. The summed E-state index contributed by atoms with van der Waals surface area (Å²) >= 11 is 1.48. The van der Waals surface area contributed by atoms with Gasteiger partial charge in [-0.3, -0.25) is 0 Å². The average molecular weight is 189 g/mol. The molecule has 2 rings (SSSR count). The third-order valence-corrected chi connectivity index (χ3v) is 2.41. The summed E-state index contributed by atoms with van der Waals surface area (Å²) in [6, 6.07) is 8.11. The smallest absolute Gasteiger partial charge is 0.152 e. The molecule has 1 radical (unpaired) electrons. The van der Waals surface area contributed by atoms with Gasteiger partial charge in [0.15, 0.2) is 5.51 Å². The normalized spacial score (nSPS) is 10.2. The molecule has 0 amide bonds. The van der Waals surface area contributed by atoms with Gasteiger partial charge >= 0.3 is 0 Å². The molecule has 2 N–H and O–H groups in total. The molecule has 0 atom stereocenters. The molecule has 2 aromatic rings. The first-order valence-electron chi connectivity index (χ1n) is 4.01. The van der Waals surface area contributed by atoms with Crippen LogP contribution in [0.15, 0.2) is 29.6 Å². The fourth-order valence-electron chi connectivity index (χ4n) is 1.13. The van der Waals surface area contributed by atoms with E-state index in [4.69, 9.17) is 5.73 Å². The van der Waals surface area contributed by atoms with Crippen LogP contribution < -0.4 is 5.73 Å². The minimum Gasteiger partial charge on any atom is -0.326 e. The number of hydrogen-bond donors (Lipinski definition) is 1. The quantitative estimate of drug-likeness (QED) is 0.785. The summed E-state index contributed by atoms with van der Waals surface area (Å²) in [5.74, 6) is 0. The zero-order chi connectivity index (χ0) is 9.10. The lowest BCUT2D eigenvalue weighted by molar-refractivity contribution is 1.07. The number of thiazole rings is 1. The minimum absolute atomic E-state index is 0.587. The molecule has 0 fully saturated rings. The second-order valence-corrected chi connectivity index (χ2v) is 3.38. The van der Waals surface area contributed by atoms with Crippen molar-refractivity contribution >= 4 is 11.3 Å². The van der Waals surface area contributed by atoms with Gasteiger partial charge in [-0.15, -0.1) is 11.3 Å². The van der Waals surface area contributed by atoms with Crippen LogP contribution in [-0.2, 0) is 6.54 Å². The van der Waals surface area contributed by atoms with E-state index >= 15 is 0 Å². The van der Waals surface area contributed by atoms with Gasteiger partial charge in [0.05, 0.1) is 5.69 Å². The Kier molecular flexibility index (Phi) is 2.38. The van der Waals surface area contributed by atoms with Crippen molar-refractivity contribution in [3.05, 3.63) is 40.7 Å². The van der Waals surface area contributed by atoms with Crippen LogP contribution in [0.2, 0.25) is 0 Å². The first-order valence-corrected chi connectivity index (χ1v) is 4.89. The Bertz CT molecular complexity index is 364. The molecule has 0 saturated heterocycles. The van der Waals surface area contributed by atoms with E-state index in [1.54, 1.807) is 0 Å². The largest absolute Gasteiger partial charge is 0.326 e. The van der Waals surface area contributed by atoms with Crippen molar-refractivity contribution in [2.75, 3.05) is 0 Å². The molecule has 0 aliphatic rings. The van der Waals surface area contributed by atoms with Gasteiger partial charge in [0.1, 0.15) is 0 Å². The molecular formula is C10H9N2S. The highest BCUT2D eigenvalue weighted by Crippen LogP contribution is 2.18. The van der Waals surface area contributed by atoms with Gasteiger partial charge in [0, 0.05) is 17.5 Å². The predicted octanol–water partition coefficient (Wildman–Crippen LogP) is 2.07. The lowest BCUT2D eigenvalue weighted by Gasteiger charge is -1.98. The van der Waals surface area contributed by atoms with Crippen molar-refractivity contribution in [2.45, 2.75) is 6.54 Å². The van der Waals surface area contributed by atoms with E-state index in [1.807, 2.05) is 29.6 Å². The van der Waals surface area contributed by atoms with Crippen molar-refractivity contribution in [2.24, 2.45) is 5.73 Å². The maximum absolute atomic E-state index is 5.50. The maximum atomic E-state index is 5.50. The summed E-state index contributed by atoms with van der Waals surface area (Å²) in [4.78, 5) is 4.10.